The standard InChI is InChI=1S/C43H88O9Si5/c1-24-57(25-2,26-3)52-35(30-27-33-45-28-31(47-33)34(30)44)37-39(51-56(22,23)43(13,14)15)38(50-55(20,21)42(10,11)12)36(49-54(18,19)41(7,8)9)32(48-37)29-46-53(16,17)40(4,5)6/h27,31-33,35-39H,24-26,28-29H2,1-23H3/t31-,32-,33+,35-,36+,37+,38+,39+/m1/s1. The van der Waals surface area contributed by atoms with Gasteiger partial charge in [-0.25, -0.2) is 0 Å². The molecule has 3 aliphatic rings. The summed E-state index contributed by atoms with van der Waals surface area (Å²) in [5.41, 5.74) is 0.578. The molecule has 3 rings (SSSR count). The van der Waals surface area contributed by atoms with Gasteiger partial charge in [0, 0.05) is 5.57 Å². The van der Waals surface area contributed by atoms with Gasteiger partial charge in [0.1, 0.15) is 42.7 Å². The highest BCUT2D eigenvalue weighted by Crippen LogP contribution is 2.48. The van der Waals surface area contributed by atoms with Gasteiger partial charge in [-0.1, -0.05) is 104 Å². The Bertz CT molecular complexity index is 1390. The minimum atomic E-state index is -2.54. The van der Waals surface area contributed by atoms with E-state index in [1.165, 1.54) is 0 Å². The summed E-state index contributed by atoms with van der Waals surface area (Å²) in [4.78, 5) is 14.5. The van der Waals surface area contributed by atoms with Crippen molar-refractivity contribution in [2.45, 2.75) is 244 Å². The third-order valence-corrected chi connectivity index (χ3v) is 37.9. The van der Waals surface area contributed by atoms with Crippen molar-refractivity contribution in [1.29, 1.82) is 0 Å². The number of Topliss-reactive ketones (excluding diaryl/α,β-unsaturated/α-hetero) is 1. The maximum absolute atomic E-state index is 14.5. The van der Waals surface area contributed by atoms with E-state index in [2.05, 4.69) is 156 Å². The van der Waals surface area contributed by atoms with Gasteiger partial charge in [-0.3, -0.25) is 4.79 Å². The first-order valence-corrected chi connectivity index (χ1v) is 36.2. The highest BCUT2D eigenvalue weighted by molar-refractivity contribution is 6.76. The highest BCUT2D eigenvalue weighted by Gasteiger charge is 2.60. The summed E-state index contributed by atoms with van der Waals surface area (Å²) >= 11 is 0. The van der Waals surface area contributed by atoms with Crippen molar-refractivity contribution < 1.29 is 41.1 Å². The summed E-state index contributed by atoms with van der Waals surface area (Å²) in [7, 11) is -12.1. The van der Waals surface area contributed by atoms with E-state index in [4.69, 9.17) is 36.3 Å². The molecule has 0 aromatic heterocycles. The Morgan fingerprint density at radius 3 is 1.47 bits per heavy atom. The third-order valence-electron chi connectivity index (χ3n) is 15.3. The average Bonchev–Trinajstić information content (AvgIpc) is 3.46. The lowest BCUT2D eigenvalue weighted by Crippen LogP contribution is -2.70. The normalized spacial score (nSPS) is 28.2. The van der Waals surface area contributed by atoms with E-state index in [9.17, 15) is 4.79 Å². The Morgan fingerprint density at radius 1 is 0.632 bits per heavy atom. The molecule has 0 aromatic carbocycles. The Balaban J connectivity index is 2.49. The molecule has 0 aliphatic carbocycles. The average molecular weight is 890 g/mol. The van der Waals surface area contributed by atoms with Crippen LogP contribution in [0.3, 0.4) is 0 Å². The summed E-state index contributed by atoms with van der Waals surface area (Å²) in [6, 6.07) is 2.74. The molecule has 2 bridgehead atoms. The van der Waals surface area contributed by atoms with Gasteiger partial charge in [0.05, 0.1) is 13.2 Å². The first-order valence-electron chi connectivity index (χ1n) is 22.0. The zero-order chi connectivity index (χ0) is 44.2. The SMILES string of the molecule is CC[Si](CC)(CC)O[C@H](C1=C[C@H]2OC[C@@H](O2)C1=O)[C@@H]1O[C@H](CO[Si](C)(C)C(C)(C)C)[C@H](O[Si](C)(C)C(C)(C)C)[C@H](O[Si](C)(C)C(C)(C)C)[C@H]1O[Si](C)(C)C(C)(C)C. The molecule has 3 aliphatic heterocycles. The summed E-state index contributed by atoms with van der Waals surface area (Å²) in [5, 5.41) is -0.314. The number of ether oxygens (including phenoxy) is 3. The van der Waals surface area contributed by atoms with Crippen LogP contribution in [0.5, 0.6) is 0 Å². The van der Waals surface area contributed by atoms with Crippen LogP contribution in [0.15, 0.2) is 11.6 Å². The van der Waals surface area contributed by atoms with Crippen LogP contribution in [0.2, 0.25) is 90.7 Å². The van der Waals surface area contributed by atoms with E-state index in [-0.39, 0.29) is 32.5 Å². The van der Waals surface area contributed by atoms with Gasteiger partial charge in [0.15, 0.2) is 53.7 Å². The summed E-state index contributed by atoms with van der Waals surface area (Å²) in [6.45, 7) is 53.1. The van der Waals surface area contributed by atoms with Crippen LogP contribution in [0.1, 0.15) is 104 Å². The predicted molar refractivity (Wildman–Crippen MR) is 248 cm³/mol. The van der Waals surface area contributed by atoms with Crippen molar-refractivity contribution in [3.8, 4) is 0 Å². The van der Waals surface area contributed by atoms with Gasteiger partial charge < -0.3 is 36.3 Å². The van der Waals surface area contributed by atoms with Gasteiger partial charge in [0.25, 0.3) is 0 Å². The van der Waals surface area contributed by atoms with Crippen molar-refractivity contribution in [2.75, 3.05) is 13.2 Å². The van der Waals surface area contributed by atoms with Crippen molar-refractivity contribution >= 4 is 47.4 Å². The van der Waals surface area contributed by atoms with E-state index >= 15 is 0 Å². The van der Waals surface area contributed by atoms with Crippen LogP contribution in [-0.2, 0) is 41.1 Å². The van der Waals surface area contributed by atoms with Gasteiger partial charge in [-0.15, -0.1) is 0 Å². The van der Waals surface area contributed by atoms with Gasteiger partial charge in [-0.2, -0.15) is 0 Å². The van der Waals surface area contributed by atoms with Crippen LogP contribution in [0.4, 0.5) is 0 Å². The van der Waals surface area contributed by atoms with Crippen molar-refractivity contribution in [3.05, 3.63) is 11.6 Å². The molecular weight excluding hydrogens is 801 g/mol. The molecule has 0 N–H and O–H groups in total. The lowest BCUT2D eigenvalue weighted by Gasteiger charge is -2.56. The highest BCUT2D eigenvalue weighted by atomic mass is 28.4. The van der Waals surface area contributed by atoms with E-state index in [0.717, 1.165) is 18.1 Å². The van der Waals surface area contributed by atoms with E-state index in [0.29, 0.717) is 12.2 Å². The fraction of sp³-hybridized carbons (Fsp3) is 0.930. The van der Waals surface area contributed by atoms with Gasteiger partial charge in [-0.05, 0) is 96.7 Å². The lowest BCUT2D eigenvalue weighted by molar-refractivity contribution is -0.231. The number of carbonyl (C=O) groups excluding carboxylic acids is 1. The van der Waals surface area contributed by atoms with Crippen molar-refractivity contribution in [2.24, 2.45) is 0 Å². The molecule has 0 radical (unpaired) electrons. The zero-order valence-corrected chi connectivity index (χ0v) is 45.9. The van der Waals surface area contributed by atoms with Crippen LogP contribution in [-0.4, -0.2) is 110 Å². The largest absolute Gasteiger partial charge is 0.414 e. The first-order chi connectivity index (χ1) is 25.5. The second kappa shape index (κ2) is 17.7. The molecule has 3 heterocycles. The van der Waals surface area contributed by atoms with E-state index in [1.807, 2.05) is 6.08 Å². The topological polar surface area (TPSA) is 90.9 Å². The molecule has 0 unspecified atom stereocenters. The number of ketones is 1. The van der Waals surface area contributed by atoms with Crippen molar-refractivity contribution in [1.82, 2.24) is 0 Å². The molecule has 8 atom stereocenters. The molecular formula is C43H88O9Si5. The quantitative estimate of drug-likeness (QED) is 0.141. The molecule has 0 amide bonds. The van der Waals surface area contributed by atoms with Gasteiger partial charge >= 0.3 is 0 Å². The van der Waals surface area contributed by atoms with Crippen LogP contribution in [0.25, 0.3) is 0 Å². The lowest BCUT2D eigenvalue weighted by atomic mass is 9.87. The summed E-state index contributed by atoms with van der Waals surface area (Å²) < 4.78 is 57.5. The maximum Gasteiger partial charge on any atom is 0.193 e. The molecule has 0 aromatic rings. The number of hydrogen-bond donors (Lipinski definition) is 0. The molecule has 0 saturated carbocycles. The molecule has 2 saturated heterocycles. The monoisotopic (exact) mass is 889 g/mol. The molecule has 2 fully saturated rings. The first kappa shape index (κ1) is 51.5. The number of hydrogen-bond acceptors (Lipinski definition) is 9. The van der Waals surface area contributed by atoms with Crippen molar-refractivity contribution in [3.63, 3.8) is 0 Å². The fourth-order valence-corrected chi connectivity index (χ4v) is 14.4. The van der Waals surface area contributed by atoms with Crippen LogP contribution >= 0.6 is 0 Å². The minimum Gasteiger partial charge on any atom is -0.414 e. The Hall–Kier alpha value is 0.174. The summed E-state index contributed by atoms with van der Waals surface area (Å²) in [5.74, 6) is -0.0924. The smallest absolute Gasteiger partial charge is 0.193 e. The number of rotatable bonds is 16. The van der Waals surface area contributed by atoms with E-state index in [1.54, 1.807) is 0 Å². The van der Waals surface area contributed by atoms with Crippen LogP contribution < -0.4 is 0 Å². The Morgan fingerprint density at radius 2 is 1.05 bits per heavy atom. The zero-order valence-electron chi connectivity index (χ0n) is 40.9. The summed E-state index contributed by atoms with van der Waals surface area (Å²) in [6.07, 6.45) is -2.94. The third kappa shape index (κ3) is 11.4. The van der Waals surface area contributed by atoms with Crippen LogP contribution in [0, 0.1) is 0 Å². The molecule has 57 heavy (non-hydrogen) atoms. The minimum absolute atomic E-state index is 0.0132. The molecule has 9 nitrogen and oxygen atoms in total. The second-order valence-electron chi connectivity index (χ2n) is 23.3. The Labute approximate surface area is 355 Å². The molecule has 0 spiro atoms. The number of carbonyl (C=O) groups is 1. The fourth-order valence-electron chi connectivity index (χ4n) is 6.66. The number of fused-ring (bicyclic) bond motifs is 2. The molecule has 334 valence electrons. The second-order valence-corrected chi connectivity index (χ2v) is 47.1. The Kier molecular flexibility index (Phi) is 16.0. The molecule has 14 heteroatoms. The van der Waals surface area contributed by atoms with E-state index < -0.39 is 90.6 Å². The van der Waals surface area contributed by atoms with Gasteiger partial charge in [0.2, 0.25) is 0 Å². The predicted octanol–water partition coefficient (Wildman–Crippen LogP) is 11.6. The maximum atomic E-state index is 14.5.